The summed E-state index contributed by atoms with van der Waals surface area (Å²) in [6.07, 6.45) is 0. The van der Waals surface area contributed by atoms with Crippen LogP contribution in [0.5, 0.6) is 0 Å². The van der Waals surface area contributed by atoms with Crippen LogP contribution in [0.2, 0.25) is 0 Å². The van der Waals surface area contributed by atoms with Gasteiger partial charge in [0, 0.05) is 22.6 Å². The van der Waals surface area contributed by atoms with Gasteiger partial charge in [-0.1, -0.05) is 12.1 Å². The van der Waals surface area contributed by atoms with E-state index in [4.69, 9.17) is 0 Å². The number of benzene rings is 1. The minimum Gasteiger partial charge on any atom is -0.287 e. The van der Waals surface area contributed by atoms with E-state index >= 15 is 0 Å². The molecule has 0 fully saturated rings. The van der Waals surface area contributed by atoms with Crippen molar-refractivity contribution in [3.8, 4) is 0 Å². The van der Waals surface area contributed by atoms with E-state index in [1.54, 1.807) is 0 Å². The molecule has 0 aromatic heterocycles. The van der Waals surface area contributed by atoms with Gasteiger partial charge >= 0.3 is 0 Å². The monoisotopic (exact) mass is 210 g/mol. The molecule has 0 amide bonds. The third-order valence-corrected chi connectivity index (χ3v) is 1.65. The molecule has 0 radical (unpaired) electrons. The number of carbonyl (C=O) groups is 1. The lowest BCUT2D eigenvalue weighted by atomic mass is 10.1. The summed E-state index contributed by atoms with van der Waals surface area (Å²) in [6, 6.07) is 4.85. The van der Waals surface area contributed by atoms with Crippen LogP contribution < -0.4 is 0 Å². The number of hydrogen-bond donors (Lipinski definition) is 0. The van der Waals surface area contributed by atoms with Crippen molar-refractivity contribution in [3.05, 3.63) is 50.1 Å². The molecule has 0 heterocycles. The molecule has 0 aliphatic carbocycles. The molecule has 0 bridgehead atoms. The minimum absolute atomic E-state index is 0.0269. The molecular formula is C8H6N2O5. The number of ketones is 1. The fourth-order valence-corrected chi connectivity index (χ4v) is 1.00. The average molecular weight is 210 g/mol. The molecule has 15 heavy (non-hydrogen) atoms. The standard InChI is InChI=1S/C8H6N2O5/c11-8(5-9(12)13)6-2-1-3-7(4-6)10(14)15/h1-4H,5H2. The molecule has 0 saturated heterocycles. The van der Waals surface area contributed by atoms with E-state index in [-0.39, 0.29) is 11.3 Å². The van der Waals surface area contributed by atoms with Gasteiger partial charge in [0.15, 0.2) is 0 Å². The van der Waals surface area contributed by atoms with Crippen molar-refractivity contribution in [1.82, 2.24) is 0 Å². The van der Waals surface area contributed by atoms with Gasteiger partial charge in [-0.2, -0.15) is 0 Å². The number of hydrogen-bond acceptors (Lipinski definition) is 5. The van der Waals surface area contributed by atoms with Crippen LogP contribution in [0.25, 0.3) is 0 Å². The highest BCUT2D eigenvalue weighted by Crippen LogP contribution is 2.13. The number of nitrogens with zero attached hydrogens (tertiary/aromatic N) is 2. The second-order valence-corrected chi connectivity index (χ2v) is 2.72. The van der Waals surface area contributed by atoms with E-state index in [2.05, 4.69) is 0 Å². The Hall–Kier alpha value is -2.31. The lowest BCUT2D eigenvalue weighted by molar-refractivity contribution is -0.465. The van der Waals surface area contributed by atoms with Gasteiger partial charge in [-0.25, -0.2) is 0 Å². The van der Waals surface area contributed by atoms with Crippen LogP contribution in [0.15, 0.2) is 24.3 Å². The van der Waals surface area contributed by atoms with Crippen molar-refractivity contribution in [1.29, 1.82) is 0 Å². The van der Waals surface area contributed by atoms with Crippen LogP contribution in [0.3, 0.4) is 0 Å². The van der Waals surface area contributed by atoms with Gasteiger partial charge in [-0.15, -0.1) is 0 Å². The third kappa shape index (κ3) is 2.83. The summed E-state index contributed by atoms with van der Waals surface area (Å²) < 4.78 is 0. The first kappa shape index (κ1) is 10.8. The highest BCUT2D eigenvalue weighted by Gasteiger charge is 2.15. The molecule has 7 heteroatoms. The van der Waals surface area contributed by atoms with Crippen molar-refractivity contribution >= 4 is 11.5 Å². The predicted octanol–water partition coefficient (Wildman–Crippen LogP) is 1.05. The molecule has 0 unspecified atom stereocenters. The Morgan fingerprint density at radius 1 is 1.27 bits per heavy atom. The third-order valence-electron chi connectivity index (χ3n) is 1.65. The zero-order valence-electron chi connectivity index (χ0n) is 7.45. The van der Waals surface area contributed by atoms with Crippen molar-refractivity contribution in [2.45, 2.75) is 0 Å². The summed E-state index contributed by atoms with van der Waals surface area (Å²) >= 11 is 0. The Morgan fingerprint density at radius 3 is 2.47 bits per heavy atom. The first-order chi connectivity index (χ1) is 7.00. The van der Waals surface area contributed by atoms with Crippen molar-refractivity contribution < 1.29 is 14.6 Å². The Bertz CT molecular complexity index is 429. The highest BCUT2D eigenvalue weighted by molar-refractivity contribution is 5.97. The predicted molar refractivity (Wildman–Crippen MR) is 49.3 cm³/mol. The van der Waals surface area contributed by atoms with Gasteiger partial charge in [0.2, 0.25) is 5.78 Å². The van der Waals surface area contributed by atoms with Crippen molar-refractivity contribution in [2.75, 3.05) is 6.54 Å². The lowest BCUT2D eigenvalue weighted by Crippen LogP contribution is -2.13. The Morgan fingerprint density at radius 2 is 1.93 bits per heavy atom. The average Bonchev–Trinajstić information content (AvgIpc) is 2.17. The first-order valence-corrected chi connectivity index (χ1v) is 3.90. The highest BCUT2D eigenvalue weighted by atomic mass is 16.6. The molecule has 1 rings (SSSR count). The van der Waals surface area contributed by atoms with Crippen molar-refractivity contribution in [3.63, 3.8) is 0 Å². The molecule has 1 aromatic rings. The van der Waals surface area contributed by atoms with E-state index in [1.807, 2.05) is 0 Å². The van der Waals surface area contributed by atoms with Crippen LogP contribution in [0, 0.1) is 20.2 Å². The van der Waals surface area contributed by atoms with Gasteiger partial charge in [0.1, 0.15) is 0 Å². The molecule has 0 N–H and O–H groups in total. The number of Topliss-reactive ketones (excluding diaryl/α,β-unsaturated/α-hetero) is 1. The topological polar surface area (TPSA) is 103 Å². The van der Waals surface area contributed by atoms with Gasteiger partial charge in [-0.05, 0) is 0 Å². The van der Waals surface area contributed by atoms with Crippen LogP contribution in [-0.2, 0) is 0 Å². The summed E-state index contributed by atoms with van der Waals surface area (Å²) in [4.78, 5) is 30.1. The normalized spacial score (nSPS) is 9.60. The molecule has 0 saturated carbocycles. The zero-order valence-corrected chi connectivity index (χ0v) is 7.45. The molecule has 1 aromatic carbocycles. The number of rotatable bonds is 4. The Kier molecular flexibility index (Phi) is 3.06. The largest absolute Gasteiger partial charge is 0.287 e. The van der Waals surface area contributed by atoms with E-state index in [1.165, 1.54) is 18.2 Å². The van der Waals surface area contributed by atoms with E-state index in [0.717, 1.165) is 6.07 Å². The molecule has 0 spiro atoms. The summed E-state index contributed by atoms with van der Waals surface area (Å²) in [6.45, 7) is -0.860. The van der Waals surface area contributed by atoms with Crippen LogP contribution in [0.1, 0.15) is 10.4 Å². The van der Waals surface area contributed by atoms with Gasteiger partial charge in [0.05, 0.1) is 4.92 Å². The zero-order chi connectivity index (χ0) is 11.4. The fraction of sp³-hybridized carbons (Fsp3) is 0.125. The van der Waals surface area contributed by atoms with Crippen molar-refractivity contribution in [2.24, 2.45) is 0 Å². The number of nitro benzene ring substituents is 1. The van der Waals surface area contributed by atoms with E-state index < -0.39 is 22.2 Å². The SMILES string of the molecule is O=C(C[N+](=O)[O-])c1cccc([N+](=O)[O-])c1. The maximum atomic E-state index is 11.2. The molecule has 0 aliphatic rings. The maximum Gasteiger partial charge on any atom is 0.270 e. The Balaban J connectivity index is 2.95. The Labute approximate surface area is 83.6 Å². The van der Waals surface area contributed by atoms with Crippen LogP contribution in [-0.4, -0.2) is 22.2 Å². The van der Waals surface area contributed by atoms with Gasteiger partial charge in [0.25, 0.3) is 12.2 Å². The van der Waals surface area contributed by atoms with Gasteiger partial charge < -0.3 is 0 Å². The minimum atomic E-state index is -0.860. The van der Waals surface area contributed by atoms with Crippen LogP contribution >= 0.6 is 0 Å². The number of carbonyl (C=O) groups excluding carboxylic acids is 1. The maximum absolute atomic E-state index is 11.2. The summed E-state index contributed by atoms with van der Waals surface area (Å²) in [5.74, 6) is -0.747. The fourth-order valence-electron chi connectivity index (χ4n) is 1.00. The first-order valence-electron chi connectivity index (χ1n) is 3.90. The molecular weight excluding hydrogens is 204 g/mol. The van der Waals surface area contributed by atoms with E-state index in [0.29, 0.717) is 0 Å². The molecule has 0 atom stereocenters. The summed E-state index contributed by atoms with van der Waals surface area (Å²) in [7, 11) is 0. The number of nitro groups is 2. The summed E-state index contributed by atoms with van der Waals surface area (Å²) in [5, 5.41) is 20.4. The second-order valence-electron chi connectivity index (χ2n) is 2.72. The van der Waals surface area contributed by atoms with Crippen LogP contribution in [0.4, 0.5) is 5.69 Å². The molecule has 0 aliphatic heterocycles. The smallest absolute Gasteiger partial charge is 0.270 e. The van der Waals surface area contributed by atoms with E-state index in [9.17, 15) is 25.0 Å². The lowest BCUT2D eigenvalue weighted by Gasteiger charge is -1.96. The summed E-state index contributed by atoms with van der Waals surface area (Å²) in [5.41, 5.74) is -0.287. The molecule has 7 nitrogen and oxygen atoms in total. The second kappa shape index (κ2) is 4.27. The van der Waals surface area contributed by atoms with Gasteiger partial charge in [-0.3, -0.25) is 25.0 Å². The molecule has 78 valence electrons. The quantitative estimate of drug-likeness (QED) is 0.419. The number of non-ortho nitro benzene ring substituents is 1.